The van der Waals surface area contributed by atoms with Crippen molar-refractivity contribution in [3.05, 3.63) is 166 Å². The number of ether oxygens (including phenoxy) is 4. The Morgan fingerprint density at radius 3 is 2.44 bits per heavy atom. The molecule has 1 saturated carbocycles. The third-order valence-electron chi connectivity index (χ3n) is 13.9. The lowest BCUT2D eigenvalue weighted by Crippen LogP contribution is -2.70. The van der Waals surface area contributed by atoms with E-state index in [2.05, 4.69) is 12.7 Å². The molecule has 14 heteroatoms. The van der Waals surface area contributed by atoms with Crippen molar-refractivity contribution in [2.75, 3.05) is 33.5 Å². The van der Waals surface area contributed by atoms with E-state index in [0.717, 1.165) is 59.4 Å². The number of allylic oxidation sites excluding steroid dienone is 1. The van der Waals surface area contributed by atoms with E-state index in [-0.39, 0.29) is 62.1 Å². The van der Waals surface area contributed by atoms with E-state index in [9.17, 15) is 25.1 Å². The maximum atomic E-state index is 15.4. The zero-order valence-electron chi connectivity index (χ0n) is 40.2. The Morgan fingerprint density at radius 1 is 0.958 bits per heavy atom. The minimum atomic E-state index is -1.55. The van der Waals surface area contributed by atoms with Crippen molar-refractivity contribution in [2.45, 2.75) is 76.2 Å². The largest absolute Gasteiger partial charge is 0.496 e. The number of aliphatic hydroxyl groups excluding tert-OH is 2. The topological polar surface area (TPSA) is 179 Å². The van der Waals surface area contributed by atoms with Gasteiger partial charge in [-0.05, 0) is 127 Å². The average molecular weight is 964 g/mol. The van der Waals surface area contributed by atoms with Gasteiger partial charge in [-0.15, -0.1) is 6.58 Å². The van der Waals surface area contributed by atoms with Crippen LogP contribution in [0.1, 0.15) is 84.8 Å². The number of nitrogens with zero attached hydrogens (tertiary/aromatic N) is 3. The van der Waals surface area contributed by atoms with Gasteiger partial charge in [0.15, 0.2) is 6.29 Å². The molecule has 1 fully saturated rings. The SMILES string of the molecule is C=CCO[C@@]12Oc3ccc(Oc4ccc(OC)c(C=O)c4)cc3[C@H]3[C@H](CCCCO)[C@@H](CCCCO)C=C(C(=NOCC)C[C@@H]1N(Cc1cccc4ccccc14)C(=O)C=Cc1ccc([N+](=O)[O-])cc1)[C@H]32. The number of nitro benzene ring substituents is 1. The summed E-state index contributed by atoms with van der Waals surface area (Å²) in [6.07, 6.45) is 12.3. The van der Waals surface area contributed by atoms with Crippen LogP contribution in [0.3, 0.4) is 0 Å². The van der Waals surface area contributed by atoms with Gasteiger partial charge in [0.2, 0.25) is 11.7 Å². The Balaban J connectivity index is 1.35. The molecule has 6 atom stereocenters. The molecule has 1 heterocycles. The molecular weight excluding hydrogens is 903 g/mol. The third kappa shape index (κ3) is 10.8. The van der Waals surface area contributed by atoms with E-state index >= 15 is 4.79 Å². The number of fused-ring (bicyclic) bond motifs is 3. The molecule has 5 aromatic carbocycles. The monoisotopic (exact) mass is 963 g/mol. The summed E-state index contributed by atoms with van der Waals surface area (Å²) in [5, 5.41) is 38.4. The molecule has 14 nitrogen and oxygen atoms in total. The average Bonchev–Trinajstić information content (AvgIpc) is 3.39. The number of nitro groups is 1. The lowest BCUT2D eigenvalue weighted by molar-refractivity contribution is -0.384. The molecule has 5 aromatic rings. The van der Waals surface area contributed by atoms with Gasteiger partial charge in [-0.25, -0.2) is 0 Å². The molecule has 2 N–H and O–H groups in total. The smallest absolute Gasteiger partial charge is 0.269 e. The lowest BCUT2D eigenvalue weighted by Gasteiger charge is -2.60. The van der Waals surface area contributed by atoms with Gasteiger partial charge in [0, 0.05) is 55.9 Å². The van der Waals surface area contributed by atoms with E-state index in [1.807, 2.05) is 67.6 Å². The van der Waals surface area contributed by atoms with Gasteiger partial charge in [-0.3, -0.25) is 19.7 Å². The summed E-state index contributed by atoms with van der Waals surface area (Å²) in [5.74, 6) is -0.941. The highest BCUT2D eigenvalue weighted by Crippen LogP contribution is 2.62. The van der Waals surface area contributed by atoms with Crippen molar-refractivity contribution in [2.24, 2.45) is 22.9 Å². The highest BCUT2D eigenvalue weighted by molar-refractivity contribution is 6.03. The summed E-state index contributed by atoms with van der Waals surface area (Å²) in [6.45, 7) is 6.56. The van der Waals surface area contributed by atoms with Crippen LogP contribution in [0.15, 0.2) is 139 Å². The van der Waals surface area contributed by atoms with Crippen molar-refractivity contribution >= 4 is 40.4 Å². The van der Waals surface area contributed by atoms with E-state index in [1.54, 1.807) is 47.4 Å². The van der Waals surface area contributed by atoms with Crippen LogP contribution >= 0.6 is 0 Å². The number of oxime groups is 1. The highest BCUT2D eigenvalue weighted by atomic mass is 16.7. The zero-order chi connectivity index (χ0) is 49.9. The van der Waals surface area contributed by atoms with Crippen LogP contribution in [0.25, 0.3) is 16.8 Å². The minimum absolute atomic E-state index is 0.00211. The van der Waals surface area contributed by atoms with E-state index < -0.39 is 22.7 Å². The van der Waals surface area contributed by atoms with E-state index in [1.165, 1.54) is 25.3 Å². The van der Waals surface area contributed by atoms with Gasteiger partial charge >= 0.3 is 0 Å². The first-order chi connectivity index (χ1) is 34.7. The Morgan fingerprint density at radius 2 is 1.70 bits per heavy atom. The van der Waals surface area contributed by atoms with Crippen LogP contribution in [0.4, 0.5) is 5.69 Å². The summed E-state index contributed by atoms with van der Waals surface area (Å²) in [4.78, 5) is 46.2. The number of aliphatic hydroxyl groups is 2. The second-order valence-corrected chi connectivity index (χ2v) is 18.1. The molecule has 8 rings (SSSR count). The fraction of sp³-hybridized carbons (Fsp3) is 0.351. The first-order valence-electron chi connectivity index (χ1n) is 24.4. The summed E-state index contributed by atoms with van der Waals surface area (Å²) in [7, 11) is 1.50. The van der Waals surface area contributed by atoms with Crippen molar-refractivity contribution in [3.63, 3.8) is 0 Å². The second kappa shape index (κ2) is 23.2. The van der Waals surface area contributed by atoms with Crippen LogP contribution in [0.5, 0.6) is 23.0 Å². The molecule has 0 bridgehead atoms. The Labute approximate surface area is 414 Å². The predicted molar refractivity (Wildman–Crippen MR) is 272 cm³/mol. The second-order valence-electron chi connectivity index (χ2n) is 18.1. The summed E-state index contributed by atoms with van der Waals surface area (Å²) < 4.78 is 26.6. The number of hydrogen-bond donors (Lipinski definition) is 2. The van der Waals surface area contributed by atoms with Crippen LogP contribution in [-0.4, -0.2) is 83.3 Å². The molecule has 3 aliphatic rings. The Bertz CT molecular complexity index is 2800. The van der Waals surface area contributed by atoms with Gasteiger partial charge in [-0.1, -0.05) is 72.6 Å². The zero-order valence-corrected chi connectivity index (χ0v) is 40.2. The lowest BCUT2D eigenvalue weighted by atomic mass is 9.55. The molecular formula is C57H61N3O11. The minimum Gasteiger partial charge on any atom is -0.496 e. The van der Waals surface area contributed by atoms with E-state index in [0.29, 0.717) is 59.3 Å². The van der Waals surface area contributed by atoms with Crippen LogP contribution in [-0.2, 0) is 20.9 Å². The normalized spacial score (nSPS) is 21.7. The Hall–Kier alpha value is -7.13. The third-order valence-corrected chi connectivity index (χ3v) is 13.9. The molecule has 0 saturated heterocycles. The number of benzene rings is 5. The molecule has 370 valence electrons. The van der Waals surface area contributed by atoms with E-state index in [4.69, 9.17) is 28.9 Å². The van der Waals surface area contributed by atoms with Crippen molar-refractivity contribution in [3.8, 4) is 23.0 Å². The number of non-ortho nitro benzene ring substituents is 1. The molecule has 1 amide bonds. The van der Waals surface area contributed by atoms with Crippen molar-refractivity contribution in [1.82, 2.24) is 4.90 Å². The first kappa shape index (κ1) is 50.3. The maximum absolute atomic E-state index is 15.4. The summed E-state index contributed by atoms with van der Waals surface area (Å²) in [6, 6.07) is 30.0. The molecule has 2 aliphatic carbocycles. The standard InChI is InChI=1S/C57H61N3O11/c1-4-31-68-57-53(59(36-41-16-12-15-39-13-6-7-17-46(39)41)54(64)28-21-38-19-22-43(23-20-38)60(65)66)35-50(58-69-5-2)48-33-40(14-8-10-29-61)47(18-9-11-30-62)55(56(48)57)49-34-45(25-27-52(49)71-57)70-44-24-26-51(67-3)42(32-44)37-63/h4,6-7,12-13,15-17,19-28,32-34,37,40,47,53,55-56,61-62H,1,5,8-11,14,18,29-31,35-36H2,2-3H3/t40-,47+,53-,55+,56+,57+/m0/s1. The molecule has 0 aromatic heterocycles. The number of amides is 1. The number of hydrogen-bond acceptors (Lipinski definition) is 12. The first-order valence-corrected chi connectivity index (χ1v) is 24.4. The number of aldehydes is 1. The van der Waals surface area contributed by atoms with Gasteiger partial charge in [0.1, 0.15) is 35.6 Å². The number of carbonyl (C=O) groups is 2. The number of unbranched alkanes of at least 4 members (excludes halogenated alkanes) is 2. The van der Waals surface area contributed by atoms with Crippen molar-refractivity contribution in [1.29, 1.82) is 0 Å². The molecule has 71 heavy (non-hydrogen) atoms. The van der Waals surface area contributed by atoms with Gasteiger partial charge in [-0.2, -0.15) is 0 Å². The fourth-order valence-electron chi connectivity index (χ4n) is 10.8. The molecule has 0 spiro atoms. The molecule has 0 radical (unpaired) electrons. The Kier molecular flexibility index (Phi) is 16.4. The predicted octanol–water partition coefficient (Wildman–Crippen LogP) is 10.8. The summed E-state index contributed by atoms with van der Waals surface area (Å²) in [5.41, 5.74) is 4.17. The van der Waals surface area contributed by atoms with Crippen LogP contribution in [0.2, 0.25) is 0 Å². The van der Waals surface area contributed by atoms with Crippen LogP contribution < -0.4 is 14.2 Å². The van der Waals surface area contributed by atoms with Gasteiger partial charge < -0.3 is 38.9 Å². The van der Waals surface area contributed by atoms with Gasteiger partial charge in [0.05, 0.1) is 35.8 Å². The van der Waals surface area contributed by atoms with Crippen molar-refractivity contribution < 1.29 is 48.5 Å². The van der Waals surface area contributed by atoms with Crippen LogP contribution in [0, 0.1) is 27.9 Å². The molecule has 0 unspecified atom stereocenters. The summed E-state index contributed by atoms with van der Waals surface area (Å²) >= 11 is 0. The number of methoxy groups -OCH3 is 1. The fourth-order valence-corrected chi connectivity index (χ4v) is 10.8. The highest BCUT2D eigenvalue weighted by Gasteiger charge is 2.65. The van der Waals surface area contributed by atoms with Gasteiger partial charge in [0.25, 0.3) is 5.69 Å². The quantitative estimate of drug-likeness (QED) is 0.0159. The maximum Gasteiger partial charge on any atom is 0.269 e. The number of rotatable bonds is 23. The number of carbonyl (C=O) groups excluding carboxylic acids is 2. The molecule has 1 aliphatic heterocycles.